The van der Waals surface area contributed by atoms with Crippen LogP contribution in [0.3, 0.4) is 0 Å². The van der Waals surface area contributed by atoms with Crippen molar-refractivity contribution < 1.29 is 14.6 Å². The van der Waals surface area contributed by atoms with Gasteiger partial charge in [0, 0.05) is 11.5 Å². The van der Waals surface area contributed by atoms with Gasteiger partial charge in [-0.25, -0.2) is 0 Å². The van der Waals surface area contributed by atoms with E-state index in [2.05, 4.69) is 31.0 Å². The van der Waals surface area contributed by atoms with Crippen LogP contribution in [0.1, 0.15) is 51.0 Å². The van der Waals surface area contributed by atoms with E-state index in [1.54, 1.807) is 7.11 Å². The molecule has 24 heavy (non-hydrogen) atoms. The number of aliphatic hydroxyl groups excluding tert-OH is 1. The summed E-state index contributed by atoms with van der Waals surface area (Å²) in [6.07, 6.45) is 5.97. The van der Waals surface area contributed by atoms with Crippen LogP contribution >= 0.6 is 0 Å². The van der Waals surface area contributed by atoms with Gasteiger partial charge in [-0.1, -0.05) is 19.4 Å². The minimum Gasteiger partial charge on any atom is -0.493 e. The summed E-state index contributed by atoms with van der Waals surface area (Å²) in [7, 11) is 3.88. The van der Waals surface area contributed by atoms with Gasteiger partial charge in [-0.2, -0.15) is 0 Å². The Balaban J connectivity index is 1.91. The van der Waals surface area contributed by atoms with Gasteiger partial charge in [-0.05, 0) is 63.4 Å². The SMILES string of the molecule is CCCCOc1cc([C@@]23CC[C@H](O)C[C@@H]2N(C)CC3)ccc1OC. The quantitative estimate of drug-likeness (QED) is 0.811. The third-order valence-electron chi connectivity index (χ3n) is 5.99. The summed E-state index contributed by atoms with van der Waals surface area (Å²) in [6.45, 7) is 3.99. The number of likely N-dealkylation sites (N-methyl/N-ethyl adjacent to an activating group) is 1. The van der Waals surface area contributed by atoms with Crippen LogP contribution in [0.5, 0.6) is 11.5 Å². The Bertz CT molecular complexity index is 562. The molecule has 1 aliphatic heterocycles. The molecule has 1 aliphatic carbocycles. The molecule has 2 aliphatic rings. The van der Waals surface area contributed by atoms with Crippen molar-refractivity contribution in [3.8, 4) is 11.5 Å². The normalized spacial score (nSPS) is 30.2. The molecule has 1 aromatic rings. The van der Waals surface area contributed by atoms with E-state index >= 15 is 0 Å². The van der Waals surface area contributed by atoms with Crippen LogP contribution < -0.4 is 9.47 Å². The maximum atomic E-state index is 10.1. The van der Waals surface area contributed by atoms with E-state index in [4.69, 9.17) is 9.47 Å². The molecule has 0 radical (unpaired) electrons. The first kappa shape index (κ1) is 17.6. The number of aliphatic hydroxyl groups is 1. The monoisotopic (exact) mass is 333 g/mol. The van der Waals surface area contributed by atoms with Gasteiger partial charge in [-0.3, -0.25) is 0 Å². The number of rotatable bonds is 6. The molecule has 1 saturated heterocycles. The number of benzene rings is 1. The van der Waals surface area contributed by atoms with Crippen molar-refractivity contribution >= 4 is 0 Å². The average molecular weight is 333 g/mol. The van der Waals surface area contributed by atoms with E-state index in [0.717, 1.165) is 63.2 Å². The highest BCUT2D eigenvalue weighted by Crippen LogP contribution is 2.49. The molecule has 3 atom stereocenters. The summed E-state index contributed by atoms with van der Waals surface area (Å²) >= 11 is 0. The van der Waals surface area contributed by atoms with Gasteiger partial charge < -0.3 is 19.5 Å². The highest BCUT2D eigenvalue weighted by atomic mass is 16.5. The molecule has 1 saturated carbocycles. The summed E-state index contributed by atoms with van der Waals surface area (Å²) in [6, 6.07) is 6.86. The fourth-order valence-corrected chi connectivity index (χ4v) is 4.52. The van der Waals surface area contributed by atoms with Crippen molar-refractivity contribution in [3.05, 3.63) is 23.8 Å². The zero-order valence-corrected chi connectivity index (χ0v) is 15.3. The second kappa shape index (κ2) is 7.32. The number of nitrogens with zero attached hydrogens (tertiary/aromatic N) is 1. The van der Waals surface area contributed by atoms with Gasteiger partial charge in [-0.15, -0.1) is 0 Å². The Hall–Kier alpha value is -1.26. The second-order valence-electron chi connectivity index (χ2n) is 7.40. The van der Waals surface area contributed by atoms with E-state index < -0.39 is 0 Å². The number of methoxy groups -OCH3 is 1. The van der Waals surface area contributed by atoms with Gasteiger partial charge >= 0.3 is 0 Å². The summed E-state index contributed by atoms with van der Waals surface area (Å²) in [5.74, 6) is 1.67. The van der Waals surface area contributed by atoms with Crippen LogP contribution in [0.25, 0.3) is 0 Å². The van der Waals surface area contributed by atoms with E-state index in [1.165, 1.54) is 5.56 Å². The summed E-state index contributed by atoms with van der Waals surface area (Å²) in [4.78, 5) is 2.42. The highest BCUT2D eigenvalue weighted by Gasteiger charge is 2.50. The molecule has 0 spiro atoms. The molecule has 1 aromatic carbocycles. The molecule has 1 N–H and O–H groups in total. The van der Waals surface area contributed by atoms with Crippen molar-refractivity contribution in [2.45, 2.75) is 63.0 Å². The van der Waals surface area contributed by atoms with Gasteiger partial charge in [0.25, 0.3) is 0 Å². The summed E-state index contributed by atoms with van der Waals surface area (Å²) in [5, 5.41) is 10.1. The predicted molar refractivity (Wildman–Crippen MR) is 96.0 cm³/mol. The van der Waals surface area contributed by atoms with Crippen LogP contribution in [-0.4, -0.2) is 49.5 Å². The maximum absolute atomic E-state index is 10.1. The molecule has 0 bridgehead atoms. The molecule has 0 aromatic heterocycles. The van der Waals surface area contributed by atoms with Crippen LogP contribution in [0.15, 0.2) is 18.2 Å². The molecule has 0 amide bonds. The number of hydrogen-bond donors (Lipinski definition) is 1. The van der Waals surface area contributed by atoms with Crippen molar-refractivity contribution in [2.75, 3.05) is 27.3 Å². The second-order valence-corrected chi connectivity index (χ2v) is 7.40. The van der Waals surface area contributed by atoms with Crippen molar-refractivity contribution in [1.29, 1.82) is 0 Å². The molecule has 134 valence electrons. The van der Waals surface area contributed by atoms with Crippen molar-refractivity contribution in [3.63, 3.8) is 0 Å². The molecule has 0 unspecified atom stereocenters. The largest absolute Gasteiger partial charge is 0.493 e. The van der Waals surface area contributed by atoms with Gasteiger partial charge in [0.1, 0.15) is 0 Å². The number of fused-ring (bicyclic) bond motifs is 1. The van der Waals surface area contributed by atoms with Crippen LogP contribution in [0.2, 0.25) is 0 Å². The Morgan fingerprint density at radius 2 is 2.12 bits per heavy atom. The first-order chi connectivity index (χ1) is 11.6. The Labute approximate surface area is 145 Å². The average Bonchev–Trinajstić information content (AvgIpc) is 2.93. The Morgan fingerprint density at radius 3 is 2.88 bits per heavy atom. The van der Waals surface area contributed by atoms with Gasteiger partial charge in [0.2, 0.25) is 0 Å². The van der Waals surface area contributed by atoms with Gasteiger partial charge in [0.15, 0.2) is 11.5 Å². The zero-order valence-electron chi connectivity index (χ0n) is 15.3. The van der Waals surface area contributed by atoms with Gasteiger partial charge in [0.05, 0.1) is 19.8 Å². The smallest absolute Gasteiger partial charge is 0.161 e. The van der Waals surface area contributed by atoms with Crippen LogP contribution in [0.4, 0.5) is 0 Å². The molecule has 4 heteroatoms. The van der Waals surface area contributed by atoms with E-state index in [-0.39, 0.29) is 11.5 Å². The van der Waals surface area contributed by atoms with Crippen LogP contribution in [0, 0.1) is 0 Å². The Morgan fingerprint density at radius 1 is 1.29 bits per heavy atom. The molecule has 3 rings (SSSR count). The standard InChI is InChI=1S/C20H31NO3/c1-4-5-12-24-18-13-15(6-7-17(18)23-3)20-9-8-16(22)14-19(20)21(2)11-10-20/h6-7,13,16,19,22H,4-5,8-12,14H2,1-3H3/t16-,19-,20-/m0/s1. The Kier molecular flexibility index (Phi) is 5.36. The molecule has 1 heterocycles. The van der Waals surface area contributed by atoms with Crippen molar-refractivity contribution in [2.24, 2.45) is 0 Å². The number of hydrogen-bond acceptors (Lipinski definition) is 4. The number of likely N-dealkylation sites (tertiary alicyclic amines) is 1. The molecule has 4 nitrogen and oxygen atoms in total. The first-order valence-electron chi connectivity index (χ1n) is 9.30. The molecular formula is C20H31NO3. The molecular weight excluding hydrogens is 302 g/mol. The maximum Gasteiger partial charge on any atom is 0.161 e. The van der Waals surface area contributed by atoms with E-state index in [0.29, 0.717) is 6.04 Å². The third kappa shape index (κ3) is 3.14. The third-order valence-corrected chi connectivity index (χ3v) is 5.99. The lowest BCUT2D eigenvalue weighted by Crippen LogP contribution is -2.47. The summed E-state index contributed by atoms with van der Waals surface area (Å²) < 4.78 is 11.5. The summed E-state index contributed by atoms with van der Waals surface area (Å²) in [5.41, 5.74) is 1.49. The van der Waals surface area contributed by atoms with Crippen molar-refractivity contribution in [1.82, 2.24) is 4.90 Å². The lowest BCUT2D eigenvalue weighted by molar-refractivity contribution is 0.0566. The first-order valence-corrected chi connectivity index (χ1v) is 9.30. The van der Waals surface area contributed by atoms with Crippen LogP contribution in [-0.2, 0) is 5.41 Å². The number of ether oxygens (including phenoxy) is 2. The minimum atomic E-state index is -0.165. The lowest BCUT2D eigenvalue weighted by atomic mass is 9.65. The lowest BCUT2D eigenvalue weighted by Gasteiger charge is -2.43. The fraction of sp³-hybridized carbons (Fsp3) is 0.700. The zero-order chi connectivity index (χ0) is 17.2. The fourth-order valence-electron chi connectivity index (χ4n) is 4.52. The number of unbranched alkanes of at least 4 members (excludes halogenated alkanes) is 1. The van der Waals surface area contributed by atoms with E-state index in [1.807, 2.05) is 6.07 Å². The topological polar surface area (TPSA) is 41.9 Å². The molecule has 2 fully saturated rings. The van der Waals surface area contributed by atoms with E-state index in [9.17, 15) is 5.11 Å². The highest BCUT2D eigenvalue weighted by molar-refractivity contribution is 5.46. The predicted octanol–water partition coefficient (Wildman–Crippen LogP) is 3.36. The minimum absolute atomic E-state index is 0.142.